The number of carbonyl (C=O) groups excluding carboxylic acids is 1. The van der Waals surface area contributed by atoms with Gasteiger partial charge in [0, 0.05) is 17.3 Å². The highest BCUT2D eigenvalue weighted by molar-refractivity contribution is 5.92. The number of halogens is 1. The standard InChI is InChI=1S/C32H33FN2O2/c1-31(2,3)21-9-12-24(26(16-21)28-14-8-20(18-34-28)30(36)37-7)25-13-10-22(32(4,5)6)17-27(25)29-15-11-23(33)19-35-29/h8-19H,1-7H3. The fourth-order valence-electron chi connectivity index (χ4n) is 4.24. The van der Waals surface area contributed by atoms with Crippen molar-refractivity contribution < 1.29 is 13.9 Å². The lowest BCUT2D eigenvalue weighted by Gasteiger charge is -2.24. The van der Waals surface area contributed by atoms with E-state index in [0.717, 1.165) is 39.1 Å². The summed E-state index contributed by atoms with van der Waals surface area (Å²) < 4.78 is 18.6. The molecule has 0 unspecified atom stereocenters. The van der Waals surface area contributed by atoms with Crippen molar-refractivity contribution in [3.63, 3.8) is 0 Å². The molecule has 0 radical (unpaired) electrons. The normalized spacial score (nSPS) is 11.9. The number of ether oxygens (including phenoxy) is 1. The van der Waals surface area contributed by atoms with Gasteiger partial charge < -0.3 is 4.74 Å². The van der Waals surface area contributed by atoms with E-state index in [2.05, 4.69) is 87.9 Å². The molecule has 37 heavy (non-hydrogen) atoms. The Morgan fingerprint density at radius 2 is 1.16 bits per heavy atom. The highest BCUT2D eigenvalue weighted by atomic mass is 19.1. The first-order valence-electron chi connectivity index (χ1n) is 12.3. The molecule has 2 aromatic carbocycles. The van der Waals surface area contributed by atoms with Crippen LogP contribution in [0.1, 0.15) is 63.0 Å². The number of esters is 1. The zero-order chi connectivity index (χ0) is 27.0. The first-order valence-corrected chi connectivity index (χ1v) is 12.3. The van der Waals surface area contributed by atoms with Crippen molar-refractivity contribution in [1.82, 2.24) is 9.97 Å². The summed E-state index contributed by atoms with van der Waals surface area (Å²) in [5.74, 6) is -0.799. The van der Waals surface area contributed by atoms with E-state index in [1.54, 1.807) is 18.3 Å². The zero-order valence-corrected chi connectivity index (χ0v) is 22.5. The van der Waals surface area contributed by atoms with Crippen LogP contribution in [0, 0.1) is 5.82 Å². The topological polar surface area (TPSA) is 52.1 Å². The molecule has 0 bridgehead atoms. The van der Waals surface area contributed by atoms with Crippen molar-refractivity contribution in [1.29, 1.82) is 0 Å². The summed E-state index contributed by atoms with van der Waals surface area (Å²) in [4.78, 5) is 21.0. The Labute approximate surface area is 218 Å². The van der Waals surface area contributed by atoms with Gasteiger partial charge in [-0.25, -0.2) is 9.18 Å². The second-order valence-corrected chi connectivity index (χ2v) is 11.3. The van der Waals surface area contributed by atoms with E-state index in [1.807, 2.05) is 6.07 Å². The number of benzene rings is 2. The lowest BCUT2D eigenvalue weighted by Crippen LogP contribution is -2.12. The van der Waals surface area contributed by atoms with Gasteiger partial charge >= 0.3 is 5.97 Å². The minimum absolute atomic E-state index is 0.0719. The summed E-state index contributed by atoms with van der Waals surface area (Å²) in [6.07, 6.45) is 2.79. The van der Waals surface area contributed by atoms with Crippen LogP contribution in [0.5, 0.6) is 0 Å². The van der Waals surface area contributed by atoms with Crippen LogP contribution in [0.2, 0.25) is 0 Å². The third kappa shape index (κ3) is 5.61. The van der Waals surface area contributed by atoms with Crippen LogP contribution in [0.3, 0.4) is 0 Å². The Kier molecular flexibility index (Phi) is 7.00. The smallest absolute Gasteiger partial charge is 0.339 e. The lowest BCUT2D eigenvalue weighted by atomic mass is 9.81. The number of hydrogen-bond acceptors (Lipinski definition) is 4. The van der Waals surface area contributed by atoms with Crippen LogP contribution in [0.25, 0.3) is 33.6 Å². The third-order valence-electron chi connectivity index (χ3n) is 6.53. The van der Waals surface area contributed by atoms with Gasteiger partial charge in [0.1, 0.15) is 5.82 Å². The molecule has 0 amide bonds. The van der Waals surface area contributed by atoms with E-state index >= 15 is 0 Å². The molecule has 4 rings (SSSR count). The number of rotatable bonds is 4. The molecule has 2 aromatic heterocycles. The molecule has 0 saturated heterocycles. The monoisotopic (exact) mass is 496 g/mol. The maximum atomic E-state index is 13.7. The van der Waals surface area contributed by atoms with Crippen molar-refractivity contribution in [2.45, 2.75) is 52.4 Å². The fraction of sp³-hybridized carbons (Fsp3) is 0.281. The Morgan fingerprint density at radius 3 is 1.54 bits per heavy atom. The molecule has 4 nitrogen and oxygen atoms in total. The van der Waals surface area contributed by atoms with Crippen molar-refractivity contribution in [3.8, 4) is 33.6 Å². The average Bonchev–Trinajstić information content (AvgIpc) is 2.87. The minimum atomic E-state index is -0.426. The first-order chi connectivity index (χ1) is 17.4. The number of methoxy groups -OCH3 is 1. The quantitative estimate of drug-likeness (QED) is 0.269. The molecule has 0 atom stereocenters. The number of pyridine rings is 2. The van der Waals surface area contributed by atoms with E-state index in [1.165, 1.54) is 19.4 Å². The van der Waals surface area contributed by atoms with Gasteiger partial charge in [-0.3, -0.25) is 9.97 Å². The van der Waals surface area contributed by atoms with Crippen LogP contribution in [-0.2, 0) is 15.6 Å². The summed E-state index contributed by atoms with van der Waals surface area (Å²) in [6, 6.07) is 19.5. The van der Waals surface area contributed by atoms with Gasteiger partial charge in [0.25, 0.3) is 0 Å². The highest BCUT2D eigenvalue weighted by Gasteiger charge is 2.22. The van der Waals surface area contributed by atoms with Crippen molar-refractivity contribution >= 4 is 5.97 Å². The summed E-state index contributed by atoms with van der Waals surface area (Å²) in [5, 5.41) is 0. The van der Waals surface area contributed by atoms with Crippen LogP contribution in [0.4, 0.5) is 4.39 Å². The summed E-state index contributed by atoms with van der Waals surface area (Å²) in [6.45, 7) is 13.0. The largest absolute Gasteiger partial charge is 0.465 e. The van der Waals surface area contributed by atoms with Gasteiger partial charge in [0.2, 0.25) is 0 Å². The predicted octanol–water partition coefficient (Wildman–Crippen LogP) is 8.00. The molecule has 0 N–H and O–H groups in total. The van der Waals surface area contributed by atoms with Gasteiger partial charge in [0.05, 0.1) is 30.3 Å². The number of aromatic nitrogens is 2. The van der Waals surface area contributed by atoms with Crippen molar-refractivity contribution in [2.75, 3.05) is 7.11 Å². The summed E-state index contributed by atoms with van der Waals surface area (Å²) >= 11 is 0. The van der Waals surface area contributed by atoms with Gasteiger partial charge in [-0.05, 0) is 69.5 Å². The van der Waals surface area contributed by atoms with E-state index in [9.17, 15) is 9.18 Å². The summed E-state index contributed by atoms with van der Waals surface area (Å²) in [5.41, 5.74) is 7.82. The molecule has 2 heterocycles. The maximum absolute atomic E-state index is 13.7. The Balaban J connectivity index is 1.98. The maximum Gasteiger partial charge on any atom is 0.339 e. The molecule has 0 aliphatic heterocycles. The third-order valence-corrected chi connectivity index (χ3v) is 6.53. The lowest BCUT2D eigenvalue weighted by molar-refractivity contribution is 0.0600. The van der Waals surface area contributed by atoms with E-state index < -0.39 is 5.97 Å². The SMILES string of the molecule is COC(=O)c1ccc(-c2cc(C(C)(C)C)ccc2-c2ccc(C(C)(C)C)cc2-c2ccc(F)cn2)nc1. The van der Waals surface area contributed by atoms with Crippen molar-refractivity contribution in [3.05, 3.63) is 95.6 Å². The van der Waals surface area contributed by atoms with Crippen LogP contribution < -0.4 is 0 Å². The van der Waals surface area contributed by atoms with Crippen LogP contribution in [-0.4, -0.2) is 23.0 Å². The second-order valence-electron chi connectivity index (χ2n) is 11.3. The number of hydrogen-bond donors (Lipinski definition) is 0. The molecule has 0 aliphatic carbocycles. The molecule has 5 heteroatoms. The Hall–Kier alpha value is -3.86. The number of nitrogens with zero attached hydrogens (tertiary/aromatic N) is 2. The van der Waals surface area contributed by atoms with Gasteiger partial charge in [0.15, 0.2) is 0 Å². The van der Waals surface area contributed by atoms with E-state index in [0.29, 0.717) is 11.3 Å². The van der Waals surface area contributed by atoms with E-state index in [4.69, 9.17) is 4.74 Å². The first kappa shape index (κ1) is 26.2. The van der Waals surface area contributed by atoms with Crippen LogP contribution >= 0.6 is 0 Å². The molecule has 190 valence electrons. The highest BCUT2D eigenvalue weighted by Crippen LogP contribution is 2.41. The molecular weight excluding hydrogens is 463 g/mol. The Bertz CT molecular complexity index is 1430. The van der Waals surface area contributed by atoms with Crippen LogP contribution in [0.15, 0.2) is 73.1 Å². The average molecular weight is 497 g/mol. The number of carbonyl (C=O) groups is 1. The van der Waals surface area contributed by atoms with Gasteiger partial charge in [-0.2, -0.15) is 0 Å². The predicted molar refractivity (Wildman–Crippen MR) is 147 cm³/mol. The van der Waals surface area contributed by atoms with Gasteiger partial charge in [-0.1, -0.05) is 65.8 Å². The van der Waals surface area contributed by atoms with Gasteiger partial charge in [-0.15, -0.1) is 0 Å². The van der Waals surface area contributed by atoms with Crippen molar-refractivity contribution in [2.24, 2.45) is 0 Å². The molecule has 4 aromatic rings. The second kappa shape index (κ2) is 9.89. The molecule has 0 saturated carbocycles. The van der Waals surface area contributed by atoms with E-state index in [-0.39, 0.29) is 16.6 Å². The molecule has 0 fully saturated rings. The fourth-order valence-corrected chi connectivity index (χ4v) is 4.24. The summed E-state index contributed by atoms with van der Waals surface area (Å²) in [7, 11) is 1.35. The zero-order valence-electron chi connectivity index (χ0n) is 22.5. The molecular formula is C32H33FN2O2. The minimum Gasteiger partial charge on any atom is -0.465 e. The molecule has 0 aliphatic rings. The Morgan fingerprint density at radius 1 is 0.676 bits per heavy atom. The molecule has 0 spiro atoms.